The van der Waals surface area contributed by atoms with E-state index in [2.05, 4.69) is 4.72 Å². The Balaban J connectivity index is 2.23. The summed E-state index contributed by atoms with van der Waals surface area (Å²) in [6.45, 7) is 3.89. The highest BCUT2D eigenvalue weighted by Crippen LogP contribution is 2.48. The molecule has 5 heteroatoms. The minimum absolute atomic E-state index is 0.422. The van der Waals surface area contributed by atoms with Gasteiger partial charge in [0.1, 0.15) is 5.75 Å². The van der Waals surface area contributed by atoms with E-state index in [1.54, 1.807) is 31.4 Å². The van der Waals surface area contributed by atoms with E-state index < -0.39 is 10.8 Å². The molecule has 2 aromatic carbocycles. The fraction of sp³-hybridized carbons (Fsp3) is 0.176. The monoisotopic (exact) mass is 319 g/mol. The van der Waals surface area contributed by atoms with E-state index in [1.165, 1.54) is 0 Å². The third-order valence-corrected chi connectivity index (χ3v) is 4.68. The fourth-order valence-electron chi connectivity index (χ4n) is 2.08. The second kappa shape index (κ2) is 6.87. The van der Waals surface area contributed by atoms with Crippen LogP contribution in [0.1, 0.15) is 18.1 Å². The van der Waals surface area contributed by atoms with Gasteiger partial charge in [-0.3, -0.25) is 13.8 Å². The van der Waals surface area contributed by atoms with Gasteiger partial charge in [-0.05, 0) is 61.4 Å². The van der Waals surface area contributed by atoms with Crippen LogP contribution in [0.25, 0.3) is 6.08 Å². The maximum absolute atomic E-state index is 10.4. The molecule has 0 saturated heterocycles. The topological polar surface area (TPSA) is 61.7 Å². The molecule has 0 bridgehead atoms. The average Bonchev–Trinajstić information content (AvgIpc) is 2.50. The summed E-state index contributed by atoms with van der Waals surface area (Å²) >= 11 is 0. The zero-order valence-corrected chi connectivity index (χ0v) is 13.7. The minimum Gasteiger partial charge on any atom is -0.497 e. The van der Waals surface area contributed by atoms with E-state index in [0.717, 1.165) is 11.1 Å². The molecule has 0 saturated carbocycles. The Labute approximate surface area is 132 Å². The van der Waals surface area contributed by atoms with Gasteiger partial charge in [0.05, 0.1) is 17.7 Å². The molecule has 3 N–H and O–H groups in total. The number of aryl methyl sites for hydroxylation is 1. The molecule has 2 aromatic rings. The Bertz CT molecular complexity index is 666. The summed E-state index contributed by atoms with van der Waals surface area (Å²) in [6, 6.07) is 12.5. The van der Waals surface area contributed by atoms with E-state index in [1.807, 2.05) is 44.2 Å². The van der Waals surface area contributed by atoms with Crippen LogP contribution < -0.4 is 9.46 Å². The molecule has 0 spiro atoms. The molecule has 0 aliphatic heterocycles. The number of ether oxygens (including phenoxy) is 1. The minimum atomic E-state index is -3.11. The Morgan fingerprint density at radius 2 is 1.77 bits per heavy atom. The predicted octanol–water partition coefficient (Wildman–Crippen LogP) is 5.17. The largest absolute Gasteiger partial charge is 0.497 e. The van der Waals surface area contributed by atoms with E-state index in [0.29, 0.717) is 16.3 Å². The van der Waals surface area contributed by atoms with Crippen molar-refractivity contribution in [1.82, 2.24) is 0 Å². The lowest BCUT2D eigenvalue weighted by Crippen LogP contribution is -2.10. The molecule has 0 radical (unpaired) electrons. The highest BCUT2D eigenvalue weighted by molar-refractivity contribution is 8.25. The lowest BCUT2D eigenvalue weighted by atomic mass is 10.1. The van der Waals surface area contributed by atoms with E-state index >= 15 is 0 Å². The molecule has 22 heavy (non-hydrogen) atoms. The number of anilines is 1. The van der Waals surface area contributed by atoms with Gasteiger partial charge in [-0.1, -0.05) is 29.0 Å². The lowest BCUT2D eigenvalue weighted by Gasteiger charge is -2.34. The molecule has 118 valence electrons. The molecule has 0 heterocycles. The number of rotatable bonds is 5. The van der Waals surface area contributed by atoms with Crippen LogP contribution in [0, 0.1) is 6.92 Å². The van der Waals surface area contributed by atoms with Crippen LogP contribution in [0.5, 0.6) is 5.75 Å². The van der Waals surface area contributed by atoms with Gasteiger partial charge < -0.3 is 4.74 Å². The van der Waals surface area contributed by atoms with Crippen LogP contribution in [0.4, 0.5) is 5.69 Å². The van der Waals surface area contributed by atoms with Gasteiger partial charge >= 0.3 is 0 Å². The van der Waals surface area contributed by atoms with Gasteiger partial charge in [0.25, 0.3) is 0 Å². The number of hydrogen-bond acceptors (Lipinski definition) is 4. The summed E-state index contributed by atoms with van der Waals surface area (Å²) in [5.41, 5.74) is 2.72. The van der Waals surface area contributed by atoms with Crippen LogP contribution in [0.15, 0.2) is 53.4 Å². The highest BCUT2D eigenvalue weighted by atomic mass is 32.3. The normalized spacial score (nSPS) is 12.4. The van der Waals surface area contributed by atoms with Gasteiger partial charge in [-0.2, -0.15) is 0 Å². The first-order chi connectivity index (χ1) is 10.5. The molecule has 0 fully saturated rings. The summed E-state index contributed by atoms with van der Waals surface area (Å²) < 4.78 is 28.7. The Morgan fingerprint density at radius 1 is 1.09 bits per heavy atom. The van der Waals surface area contributed by atoms with Crippen LogP contribution in [-0.2, 0) is 0 Å². The zero-order chi connectivity index (χ0) is 16.2. The lowest BCUT2D eigenvalue weighted by molar-refractivity contribution is 0.414. The molecule has 2 rings (SSSR count). The van der Waals surface area contributed by atoms with E-state index in [4.69, 9.17) is 4.74 Å². The van der Waals surface area contributed by atoms with Crippen molar-refractivity contribution in [3.8, 4) is 5.75 Å². The van der Waals surface area contributed by atoms with Gasteiger partial charge in [0.2, 0.25) is 0 Å². The van der Waals surface area contributed by atoms with Crippen molar-refractivity contribution < 1.29 is 13.8 Å². The van der Waals surface area contributed by atoms with Crippen molar-refractivity contribution in [2.24, 2.45) is 0 Å². The quantitative estimate of drug-likeness (QED) is 0.711. The van der Waals surface area contributed by atoms with Gasteiger partial charge in [0, 0.05) is 0 Å². The molecule has 0 aliphatic rings. The zero-order valence-electron chi connectivity index (χ0n) is 12.9. The first-order valence-electron chi connectivity index (χ1n) is 6.89. The number of methoxy groups -OCH3 is 1. The van der Waals surface area contributed by atoms with Crippen LogP contribution in [0.2, 0.25) is 0 Å². The predicted molar refractivity (Wildman–Crippen MR) is 93.6 cm³/mol. The molecular weight excluding hydrogens is 298 g/mol. The summed E-state index contributed by atoms with van der Waals surface area (Å²) in [5.74, 6) is 0.672. The highest BCUT2D eigenvalue weighted by Gasteiger charge is 2.16. The molecule has 0 amide bonds. The van der Waals surface area contributed by atoms with Crippen molar-refractivity contribution in [3.05, 3.63) is 59.7 Å². The third-order valence-electron chi connectivity index (χ3n) is 3.25. The first kappa shape index (κ1) is 16.4. The maximum atomic E-state index is 10.4. The summed E-state index contributed by atoms with van der Waals surface area (Å²) in [4.78, 5) is 0.422. The Morgan fingerprint density at radius 3 is 2.32 bits per heavy atom. The van der Waals surface area contributed by atoms with E-state index in [-0.39, 0.29) is 0 Å². The van der Waals surface area contributed by atoms with Gasteiger partial charge in [-0.25, -0.2) is 0 Å². The standard InChI is InChI=1S/C17H21NO3S/c1-4-5-14-6-11-17(13(2)12-14)18-22(19,20)16-9-7-15(21-3)8-10-16/h4-12,18-20H,1-3H3/b5-4-. The molecule has 0 unspecified atom stereocenters. The Hall–Kier alpha value is -1.95. The average molecular weight is 319 g/mol. The molecule has 0 aliphatic carbocycles. The van der Waals surface area contributed by atoms with Gasteiger partial charge in [0.15, 0.2) is 0 Å². The Kier molecular flexibility index (Phi) is 5.13. The summed E-state index contributed by atoms with van der Waals surface area (Å²) in [5, 5.41) is 0. The van der Waals surface area contributed by atoms with Crippen LogP contribution in [0.3, 0.4) is 0 Å². The molecule has 4 nitrogen and oxygen atoms in total. The fourth-order valence-corrected chi connectivity index (χ4v) is 3.24. The number of allylic oxidation sites excluding steroid dienone is 1. The second-order valence-corrected chi connectivity index (χ2v) is 6.67. The molecule has 0 aromatic heterocycles. The summed E-state index contributed by atoms with van der Waals surface area (Å²) in [6.07, 6.45) is 3.96. The second-order valence-electron chi connectivity index (χ2n) is 4.90. The smallest absolute Gasteiger partial charge is 0.118 e. The maximum Gasteiger partial charge on any atom is 0.118 e. The van der Waals surface area contributed by atoms with Crippen molar-refractivity contribution >= 4 is 22.5 Å². The first-order valence-corrected chi connectivity index (χ1v) is 8.44. The summed E-state index contributed by atoms with van der Waals surface area (Å²) in [7, 11) is -1.54. The molecular formula is C17H21NO3S. The van der Waals surface area contributed by atoms with Crippen molar-refractivity contribution in [2.75, 3.05) is 11.8 Å². The van der Waals surface area contributed by atoms with Crippen molar-refractivity contribution in [2.45, 2.75) is 18.7 Å². The van der Waals surface area contributed by atoms with Gasteiger partial charge in [-0.15, -0.1) is 0 Å². The van der Waals surface area contributed by atoms with Crippen molar-refractivity contribution in [3.63, 3.8) is 0 Å². The number of hydrogen-bond donors (Lipinski definition) is 3. The van der Waals surface area contributed by atoms with Crippen LogP contribution in [-0.4, -0.2) is 16.2 Å². The van der Waals surface area contributed by atoms with Crippen LogP contribution >= 0.6 is 10.8 Å². The molecule has 0 atom stereocenters. The van der Waals surface area contributed by atoms with Crippen molar-refractivity contribution in [1.29, 1.82) is 0 Å². The SMILES string of the molecule is C/C=C\c1ccc(NS(O)(O)c2ccc(OC)cc2)c(C)c1. The number of benzene rings is 2. The number of nitrogens with one attached hydrogen (secondary N) is 1. The third kappa shape index (κ3) is 3.82. The van der Waals surface area contributed by atoms with E-state index in [9.17, 15) is 9.11 Å².